The molecule has 2 aromatic rings. The molecule has 0 spiro atoms. The Balaban J connectivity index is 2.59. The lowest BCUT2D eigenvalue weighted by atomic mass is 9.92. The van der Waals surface area contributed by atoms with Crippen LogP contribution in [0.2, 0.25) is 0 Å². The largest absolute Gasteiger partial charge is 0.478 e. The van der Waals surface area contributed by atoms with E-state index >= 15 is 0 Å². The van der Waals surface area contributed by atoms with Gasteiger partial charge in [-0.1, -0.05) is 50.4 Å². The predicted octanol–water partition coefficient (Wildman–Crippen LogP) is 5.83. The zero-order valence-corrected chi connectivity index (χ0v) is 17.4. The van der Waals surface area contributed by atoms with E-state index in [1.165, 1.54) is 12.1 Å². The van der Waals surface area contributed by atoms with E-state index in [4.69, 9.17) is 0 Å². The highest BCUT2D eigenvalue weighted by atomic mass is 16.4. The summed E-state index contributed by atoms with van der Waals surface area (Å²) in [5, 5.41) is 19.3. The average Bonchev–Trinajstić information content (AvgIpc) is 2.74. The molecule has 0 aromatic heterocycles. The summed E-state index contributed by atoms with van der Waals surface area (Å²) in [5.74, 6) is 10.0. The van der Waals surface area contributed by atoms with E-state index in [0.29, 0.717) is 22.3 Å². The van der Waals surface area contributed by atoms with Gasteiger partial charge >= 0.3 is 11.9 Å². The van der Waals surface area contributed by atoms with Crippen LogP contribution in [0.1, 0.15) is 84.2 Å². The van der Waals surface area contributed by atoms with Gasteiger partial charge in [0.15, 0.2) is 0 Å². The number of carboxylic acid groups (broad SMARTS) is 2. The molecular formula is C26H26O4. The Kier molecular flexibility index (Phi) is 8.73. The van der Waals surface area contributed by atoms with Crippen molar-refractivity contribution in [1.29, 1.82) is 0 Å². The summed E-state index contributed by atoms with van der Waals surface area (Å²) < 4.78 is 0. The van der Waals surface area contributed by atoms with Crippen LogP contribution in [0.25, 0.3) is 11.1 Å². The SMILES string of the molecule is CCCCC#Cc1ccc(C(=O)O)c(-c2cc(C#CCCCC)ccc2C(=O)O)c1. The minimum atomic E-state index is -1.12. The Morgan fingerprint density at radius 2 is 1.13 bits per heavy atom. The highest BCUT2D eigenvalue weighted by Gasteiger charge is 2.18. The highest BCUT2D eigenvalue weighted by Crippen LogP contribution is 2.30. The van der Waals surface area contributed by atoms with Gasteiger partial charge in [-0.25, -0.2) is 9.59 Å². The fourth-order valence-electron chi connectivity index (χ4n) is 2.92. The van der Waals surface area contributed by atoms with Crippen LogP contribution < -0.4 is 0 Å². The Labute approximate surface area is 178 Å². The van der Waals surface area contributed by atoms with E-state index in [9.17, 15) is 19.8 Å². The van der Waals surface area contributed by atoms with Gasteiger partial charge in [-0.2, -0.15) is 0 Å². The van der Waals surface area contributed by atoms with Crippen molar-refractivity contribution in [3.8, 4) is 34.8 Å². The van der Waals surface area contributed by atoms with E-state index in [-0.39, 0.29) is 11.1 Å². The highest BCUT2D eigenvalue weighted by molar-refractivity contribution is 6.02. The molecule has 0 aliphatic carbocycles. The third-order valence-electron chi connectivity index (χ3n) is 4.57. The summed E-state index contributed by atoms with van der Waals surface area (Å²) in [6, 6.07) is 9.57. The molecule has 0 amide bonds. The summed E-state index contributed by atoms with van der Waals surface area (Å²) in [6.07, 6.45) is 5.60. The van der Waals surface area contributed by atoms with Gasteiger partial charge in [-0.15, -0.1) is 0 Å². The molecular weight excluding hydrogens is 376 g/mol. The molecule has 30 heavy (non-hydrogen) atoms. The smallest absolute Gasteiger partial charge is 0.336 e. The molecule has 2 aromatic carbocycles. The van der Waals surface area contributed by atoms with Gasteiger partial charge in [0, 0.05) is 24.0 Å². The molecule has 0 saturated carbocycles. The second kappa shape index (κ2) is 11.5. The fraction of sp³-hybridized carbons (Fsp3) is 0.308. The summed E-state index contributed by atoms with van der Waals surface area (Å²) >= 11 is 0. The van der Waals surface area contributed by atoms with Crippen molar-refractivity contribution in [1.82, 2.24) is 0 Å². The van der Waals surface area contributed by atoms with Crippen molar-refractivity contribution in [2.45, 2.75) is 52.4 Å². The van der Waals surface area contributed by atoms with Gasteiger partial charge in [0.2, 0.25) is 0 Å². The number of hydrogen-bond acceptors (Lipinski definition) is 2. The molecule has 4 heteroatoms. The monoisotopic (exact) mass is 402 g/mol. The number of unbranched alkanes of at least 4 members (excludes halogenated alkanes) is 4. The Hall–Kier alpha value is -3.50. The number of aromatic carboxylic acids is 2. The van der Waals surface area contributed by atoms with Crippen molar-refractivity contribution in [2.75, 3.05) is 0 Å². The Morgan fingerprint density at radius 3 is 1.47 bits per heavy atom. The maximum Gasteiger partial charge on any atom is 0.336 e. The molecule has 0 aliphatic rings. The molecule has 0 bridgehead atoms. The first-order valence-electron chi connectivity index (χ1n) is 10.2. The van der Waals surface area contributed by atoms with Crippen molar-refractivity contribution >= 4 is 11.9 Å². The topological polar surface area (TPSA) is 74.6 Å². The lowest BCUT2D eigenvalue weighted by Gasteiger charge is -2.11. The number of benzene rings is 2. The van der Waals surface area contributed by atoms with Crippen LogP contribution in [-0.2, 0) is 0 Å². The van der Waals surface area contributed by atoms with Gasteiger partial charge in [0.05, 0.1) is 11.1 Å². The molecule has 154 valence electrons. The van der Waals surface area contributed by atoms with Gasteiger partial charge in [-0.3, -0.25) is 0 Å². The number of carbonyl (C=O) groups is 2. The van der Waals surface area contributed by atoms with Crippen LogP contribution in [0.4, 0.5) is 0 Å². The average molecular weight is 402 g/mol. The second-order valence-corrected chi connectivity index (χ2v) is 6.94. The van der Waals surface area contributed by atoms with E-state index in [1.54, 1.807) is 24.3 Å². The first-order valence-corrected chi connectivity index (χ1v) is 10.2. The van der Waals surface area contributed by atoms with Gasteiger partial charge in [0.1, 0.15) is 0 Å². The summed E-state index contributed by atoms with van der Waals surface area (Å²) in [6.45, 7) is 4.18. The first kappa shape index (κ1) is 22.8. The first-order chi connectivity index (χ1) is 14.5. The van der Waals surface area contributed by atoms with Crippen molar-refractivity contribution in [2.24, 2.45) is 0 Å². The summed E-state index contributed by atoms with van der Waals surface area (Å²) in [7, 11) is 0. The van der Waals surface area contributed by atoms with Crippen molar-refractivity contribution in [3.63, 3.8) is 0 Å². The Morgan fingerprint density at radius 1 is 0.733 bits per heavy atom. The lowest BCUT2D eigenvalue weighted by molar-refractivity contribution is 0.0684. The third-order valence-corrected chi connectivity index (χ3v) is 4.57. The molecule has 0 fully saturated rings. The van der Waals surface area contributed by atoms with E-state index in [1.807, 2.05) is 0 Å². The minimum Gasteiger partial charge on any atom is -0.478 e. The molecule has 0 aliphatic heterocycles. The van der Waals surface area contributed by atoms with E-state index in [0.717, 1.165) is 38.5 Å². The van der Waals surface area contributed by atoms with Crippen LogP contribution in [0.3, 0.4) is 0 Å². The van der Waals surface area contributed by atoms with Crippen molar-refractivity contribution in [3.05, 3.63) is 58.7 Å². The van der Waals surface area contributed by atoms with Gasteiger partial charge in [0.25, 0.3) is 0 Å². The third kappa shape index (κ3) is 6.26. The minimum absolute atomic E-state index is 0.0349. The second-order valence-electron chi connectivity index (χ2n) is 6.94. The number of carboxylic acids is 2. The summed E-state index contributed by atoms with van der Waals surface area (Å²) in [5.41, 5.74) is 2.04. The van der Waals surface area contributed by atoms with Gasteiger partial charge in [-0.05, 0) is 60.4 Å². The van der Waals surface area contributed by atoms with Crippen LogP contribution in [-0.4, -0.2) is 22.2 Å². The quantitative estimate of drug-likeness (QED) is 0.451. The zero-order valence-electron chi connectivity index (χ0n) is 17.4. The molecule has 2 rings (SSSR count). The van der Waals surface area contributed by atoms with E-state index < -0.39 is 11.9 Å². The molecule has 0 unspecified atom stereocenters. The fourth-order valence-corrected chi connectivity index (χ4v) is 2.92. The number of hydrogen-bond donors (Lipinski definition) is 2. The Bertz CT molecular complexity index is 957. The molecule has 2 N–H and O–H groups in total. The normalized spacial score (nSPS) is 9.80. The number of rotatable bonds is 7. The standard InChI is InChI=1S/C26H26O4/c1-3-5-7-9-11-19-13-15-21(25(27)28)23(17-19)24-18-20(12-10-8-6-4-2)14-16-22(24)26(29)30/h13-18H,3-8H2,1-2H3,(H,27,28)(H,29,30). The van der Waals surface area contributed by atoms with Crippen LogP contribution in [0.5, 0.6) is 0 Å². The van der Waals surface area contributed by atoms with E-state index in [2.05, 4.69) is 37.5 Å². The maximum atomic E-state index is 11.8. The predicted molar refractivity (Wildman–Crippen MR) is 119 cm³/mol. The lowest BCUT2D eigenvalue weighted by Crippen LogP contribution is -2.05. The van der Waals surface area contributed by atoms with Crippen molar-refractivity contribution < 1.29 is 19.8 Å². The molecule has 0 heterocycles. The van der Waals surface area contributed by atoms with Crippen LogP contribution >= 0.6 is 0 Å². The van der Waals surface area contributed by atoms with Crippen LogP contribution in [0, 0.1) is 23.7 Å². The maximum absolute atomic E-state index is 11.8. The zero-order chi connectivity index (χ0) is 21.9. The summed E-state index contributed by atoms with van der Waals surface area (Å²) in [4.78, 5) is 23.6. The molecule has 4 nitrogen and oxygen atoms in total. The van der Waals surface area contributed by atoms with Crippen LogP contribution in [0.15, 0.2) is 36.4 Å². The molecule has 0 atom stereocenters. The molecule has 0 saturated heterocycles. The molecule has 0 radical (unpaired) electrons. The van der Waals surface area contributed by atoms with Gasteiger partial charge < -0.3 is 10.2 Å².